The van der Waals surface area contributed by atoms with E-state index in [0.29, 0.717) is 29.5 Å². The molecule has 1 saturated carbocycles. The van der Waals surface area contributed by atoms with Crippen LogP contribution in [0.3, 0.4) is 0 Å². The van der Waals surface area contributed by atoms with Crippen LogP contribution in [0.2, 0.25) is 0 Å². The van der Waals surface area contributed by atoms with Crippen LogP contribution in [0.1, 0.15) is 65.7 Å². The molecule has 0 saturated heterocycles. The average Bonchev–Trinajstić information content (AvgIpc) is 2.95. The largest absolute Gasteiger partial charge is 0.342 e. The monoisotopic (exact) mass is 388 g/mol. The average molecular weight is 389 g/mol. The maximum absolute atomic E-state index is 12.3. The van der Waals surface area contributed by atoms with Gasteiger partial charge in [-0.1, -0.05) is 31.4 Å². The molecule has 5 nitrogen and oxygen atoms in total. The predicted molar refractivity (Wildman–Crippen MR) is 108 cm³/mol. The molecule has 1 aliphatic carbocycles. The highest BCUT2D eigenvalue weighted by molar-refractivity contribution is 7.99. The zero-order chi connectivity index (χ0) is 19.2. The van der Waals surface area contributed by atoms with E-state index < -0.39 is 0 Å². The van der Waals surface area contributed by atoms with Crippen molar-refractivity contribution in [1.82, 2.24) is 9.80 Å². The normalized spacial score (nSPS) is 17.3. The third-order valence-electron chi connectivity index (χ3n) is 5.54. The zero-order valence-electron chi connectivity index (χ0n) is 16.0. The van der Waals surface area contributed by atoms with Gasteiger partial charge in [0.1, 0.15) is 0 Å². The van der Waals surface area contributed by atoms with Gasteiger partial charge in [-0.15, -0.1) is 0 Å². The van der Waals surface area contributed by atoms with Crippen LogP contribution in [-0.4, -0.2) is 58.7 Å². The number of unbranched alkanes of at least 4 members (excludes halogenated alkanes) is 1. The maximum atomic E-state index is 12.3. The summed E-state index contributed by atoms with van der Waals surface area (Å²) in [4.78, 5) is 40.2. The van der Waals surface area contributed by atoms with Crippen LogP contribution >= 0.6 is 11.8 Å². The van der Waals surface area contributed by atoms with E-state index in [9.17, 15) is 14.4 Å². The highest BCUT2D eigenvalue weighted by Crippen LogP contribution is 2.24. The van der Waals surface area contributed by atoms with E-state index in [2.05, 4.69) is 0 Å². The van der Waals surface area contributed by atoms with Crippen LogP contribution < -0.4 is 0 Å². The Labute approximate surface area is 165 Å². The number of imide groups is 1. The molecule has 6 heteroatoms. The Morgan fingerprint density at radius 2 is 1.70 bits per heavy atom. The number of rotatable bonds is 8. The molecule has 0 N–H and O–H groups in total. The minimum absolute atomic E-state index is 0.187. The first-order valence-corrected chi connectivity index (χ1v) is 11.0. The smallest absolute Gasteiger partial charge is 0.261 e. The molecule has 1 aliphatic heterocycles. The van der Waals surface area contributed by atoms with Crippen molar-refractivity contribution in [3.63, 3.8) is 0 Å². The Bertz CT molecular complexity index is 665. The Morgan fingerprint density at radius 3 is 2.33 bits per heavy atom. The molecule has 0 aromatic heterocycles. The lowest BCUT2D eigenvalue weighted by atomic mass is 9.94. The van der Waals surface area contributed by atoms with Gasteiger partial charge in [0.05, 0.1) is 16.9 Å². The third-order valence-corrected chi connectivity index (χ3v) is 6.57. The molecule has 1 aromatic carbocycles. The van der Waals surface area contributed by atoms with Crippen LogP contribution in [0.15, 0.2) is 24.3 Å². The lowest BCUT2D eigenvalue weighted by Crippen LogP contribution is -2.39. The number of hydrogen-bond donors (Lipinski definition) is 0. The van der Waals surface area contributed by atoms with E-state index in [1.807, 2.05) is 11.9 Å². The van der Waals surface area contributed by atoms with Crippen molar-refractivity contribution >= 4 is 29.5 Å². The predicted octanol–water partition coefficient (Wildman–Crippen LogP) is 3.59. The number of benzene rings is 1. The van der Waals surface area contributed by atoms with Crippen molar-refractivity contribution in [2.45, 2.75) is 51.0 Å². The number of hydrogen-bond acceptors (Lipinski definition) is 4. The Hall–Kier alpha value is -1.82. The van der Waals surface area contributed by atoms with Gasteiger partial charge in [-0.25, -0.2) is 0 Å². The van der Waals surface area contributed by atoms with E-state index in [1.165, 1.54) is 24.2 Å². The molecule has 27 heavy (non-hydrogen) atoms. The lowest BCUT2D eigenvalue weighted by Gasteiger charge is -2.31. The molecular formula is C21H28N2O3S. The van der Waals surface area contributed by atoms with Gasteiger partial charge < -0.3 is 4.90 Å². The second-order valence-electron chi connectivity index (χ2n) is 7.36. The van der Waals surface area contributed by atoms with E-state index in [1.54, 1.807) is 36.0 Å². The van der Waals surface area contributed by atoms with Gasteiger partial charge in [-0.2, -0.15) is 11.8 Å². The molecule has 1 heterocycles. The topological polar surface area (TPSA) is 57.7 Å². The summed E-state index contributed by atoms with van der Waals surface area (Å²) in [6.07, 6.45) is 7.67. The lowest BCUT2D eigenvalue weighted by molar-refractivity contribution is -0.129. The maximum Gasteiger partial charge on any atom is 0.261 e. The number of fused-ring (bicyclic) bond motifs is 1. The SMILES string of the molecule is CN(C(=O)CSCCCCN1C(=O)c2ccccc2C1=O)C1CCCCC1. The van der Waals surface area contributed by atoms with Crippen LogP contribution in [0.4, 0.5) is 0 Å². The first kappa shape index (κ1) is 19.9. The quantitative estimate of drug-likeness (QED) is 0.504. The van der Waals surface area contributed by atoms with Gasteiger partial charge in [0.2, 0.25) is 5.91 Å². The molecule has 3 amide bonds. The summed E-state index contributed by atoms with van der Waals surface area (Å²) in [5.41, 5.74) is 1.02. The molecule has 0 radical (unpaired) electrons. The zero-order valence-corrected chi connectivity index (χ0v) is 16.8. The summed E-state index contributed by atoms with van der Waals surface area (Å²) in [7, 11) is 1.93. The first-order valence-electron chi connectivity index (χ1n) is 9.88. The van der Waals surface area contributed by atoms with Gasteiger partial charge in [0.15, 0.2) is 0 Å². The van der Waals surface area contributed by atoms with Crippen LogP contribution in [-0.2, 0) is 4.79 Å². The minimum Gasteiger partial charge on any atom is -0.342 e. The summed E-state index contributed by atoms with van der Waals surface area (Å²) in [6, 6.07) is 7.40. The standard InChI is InChI=1S/C21H28N2O3S/c1-22(16-9-3-2-4-10-16)19(24)15-27-14-8-7-13-23-20(25)17-11-5-6-12-18(17)21(23)26/h5-6,11-12,16H,2-4,7-10,13-15H2,1H3. The van der Waals surface area contributed by atoms with Crippen molar-refractivity contribution in [1.29, 1.82) is 0 Å². The molecule has 3 rings (SSSR count). The summed E-state index contributed by atoms with van der Waals surface area (Å²) in [6.45, 7) is 0.447. The van der Waals surface area contributed by atoms with Crippen molar-refractivity contribution in [2.75, 3.05) is 25.1 Å². The fraction of sp³-hybridized carbons (Fsp3) is 0.571. The Kier molecular flexibility index (Phi) is 6.94. The van der Waals surface area contributed by atoms with Crippen LogP contribution in [0.25, 0.3) is 0 Å². The third kappa shape index (κ3) is 4.72. The summed E-state index contributed by atoms with van der Waals surface area (Å²) < 4.78 is 0. The molecule has 146 valence electrons. The summed E-state index contributed by atoms with van der Waals surface area (Å²) in [5.74, 6) is 1.22. The number of carbonyl (C=O) groups is 3. The van der Waals surface area contributed by atoms with E-state index in [-0.39, 0.29) is 17.7 Å². The van der Waals surface area contributed by atoms with Crippen LogP contribution in [0.5, 0.6) is 0 Å². The Balaban J connectivity index is 1.32. The van der Waals surface area contributed by atoms with Gasteiger partial charge in [-0.05, 0) is 43.6 Å². The summed E-state index contributed by atoms with van der Waals surface area (Å²) in [5, 5.41) is 0. The van der Waals surface area contributed by atoms with E-state index in [4.69, 9.17) is 0 Å². The minimum atomic E-state index is -0.187. The van der Waals surface area contributed by atoms with Crippen molar-refractivity contribution < 1.29 is 14.4 Å². The van der Waals surface area contributed by atoms with Gasteiger partial charge >= 0.3 is 0 Å². The number of carbonyl (C=O) groups excluding carboxylic acids is 3. The number of thioether (sulfide) groups is 1. The molecule has 2 aliphatic rings. The second kappa shape index (κ2) is 9.40. The van der Waals surface area contributed by atoms with Crippen molar-refractivity contribution in [2.24, 2.45) is 0 Å². The van der Waals surface area contributed by atoms with E-state index in [0.717, 1.165) is 31.4 Å². The fourth-order valence-corrected chi connectivity index (χ4v) is 4.78. The number of amides is 3. The second-order valence-corrected chi connectivity index (χ2v) is 8.47. The molecule has 0 spiro atoms. The van der Waals surface area contributed by atoms with Gasteiger partial charge in [0.25, 0.3) is 11.8 Å². The molecular weight excluding hydrogens is 360 g/mol. The molecule has 0 unspecified atom stereocenters. The molecule has 1 aromatic rings. The van der Waals surface area contributed by atoms with Crippen LogP contribution in [0, 0.1) is 0 Å². The van der Waals surface area contributed by atoms with Crippen molar-refractivity contribution in [3.8, 4) is 0 Å². The molecule has 0 atom stereocenters. The first-order chi connectivity index (χ1) is 13.1. The summed E-state index contributed by atoms with van der Waals surface area (Å²) >= 11 is 1.65. The molecule has 0 bridgehead atoms. The van der Waals surface area contributed by atoms with Crippen molar-refractivity contribution in [3.05, 3.63) is 35.4 Å². The highest BCUT2D eigenvalue weighted by Gasteiger charge is 2.34. The Morgan fingerprint density at radius 1 is 1.07 bits per heavy atom. The van der Waals surface area contributed by atoms with Gasteiger partial charge in [-0.3, -0.25) is 19.3 Å². The van der Waals surface area contributed by atoms with E-state index >= 15 is 0 Å². The fourth-order valence-electron chi connectivity index (χ4n) is 3.85. The molecule has 1 fully saturated rings. The van der Waals surface area contributed by atoms with Gasteiger partial charge in [0, 0.05) is 19.6 Å². The highest BCUT2D eigenvalue weighted by atomic mass is 32.2. The number of nitrogens with zero attached hydrogens (tertiary/aromatic N) is 2.